The van der Waals surface area contributed by atoms with Crippen LogP contribution >= 0.6 is 11.8 Å². The van der Waals surface area contributed by atoms with Crippen LogP contribution in [-0.4, -0.2) is 52.4 Å². The van der Waals surface area contributed by atoms with Gasteiger partial charge in [-0.2, -0.15) is 0 Å². The SMILES string of the molecule is CC(=O)/C(C(=O)OC(C)(C)C)=C(C)\C=C\N(C)C.CCC1(C)OC(=O)C(=C(C)C)C(=O)S1. The van der Waals surface area contributed by atoms with Crippen molar-refractivity contribution in [2.45, 2.75) is 79.3 Å². The van der Waals surface area contributed by atoms with Gasteiger partial charge in [0.05, 0.1) is 0 Å². The summed E-state index contributed by atoms with van der Waals surface area (Å²) in [5, 5.41) is -0.175. The van der Waals surface area contributed by atoms with Crippen LogP contribution < -0.4 is 0 Å². The Hall–Kier alpha value is -2.35. The van der Waals surface area contributed by atoms with Crippen molar-refractivity contribution in [3.63, 3.8) is 0 Å². The Morgan fingerprint density at radius 1 is 1.12 bits per heavy atom. The van der Waals surface area contributed by atoms with Crippen LogP contribution in [0.1, 0.15) is 68.7 Å². The molecule has 0 amide bonds. The largest absolute Gasteiger partial charge is 0.456 e. The summed E-state index contributed by atoms with van der Waals surface area (Å²) in [6.07, 6.45) is 4.13. The van der Waals surface area contributed by atoms with Gasteiger partial charge in [0.25, 0.3) is 0 Å². The second-order valence-electron chi connectivity index (χ2n) is 9.04. The van der Waals surface area contributed by atoms with Crippen molar-refractivity contribution in [1.82, 2.24) is 4.90 Å². The summed E-state index contributed by atoms with van der Waals surface area (Å²) in [5.74, 6) is -1.35. The average molecular weight is 468 g/mol. The fraction of sp³-hybridized carbons (Fsp3) is 0.583. The predicted octanol–water partition coefficient (Wildman–Crippen LogP) is 4.57. The lowest BCUT2D eigenvalue weighted by Gasteiger charge is -2.31. The molecule has 1 atom stereocenters. The summed E-state index contributed by atoms with van der Waals surface area (Å²) < 4.78 is 10.4. The summed E-state index contributed by atoms with van der Waals surface area (Å²) >= 11 is 1.09. The van der Waals surface area contributed by atoms with E-state index in [4.69, 9.17) is 9.47 Å². The molecule has 1 fully saturated rings. The number of Topliss-reactive ketones (excluding diaryl/α,β-unsaturated/α-hetero) is 1. The van der Waals surface area contributed by atoms with E-state index >= 15 is 0 Å². The molecule has 1 unspecified atom stereocenters. The molecule has 1 aliphatic rings. The van der Waals surface area contributed by atoms with Crippen LogP contribution in [0.15, 0.2) is 34.6 Å². The number of hydrogen-bond acceptors (Lipinski definition) is 8. The highest BCUT2D eigenvalue weighted by Gasteiger charge is 2.40. The normalized spacial score (nSPS) is 19.5. The number of cyclic esters (lactones) is 1. The second kappa shape index (κ2) is 12.0. The Labute approximate surface area is 196 Å². The van der Waals surface area contributed by atoms with E-state index in [2.05, 4.69) is 0 Å². The highest BCUT2D eigenvalue weighted by atomic mass is 32.2. The number of ketones is 1. The molecule has 1 rings (SSSR count). The van der Waals surface area contributed by atoms with Crippen LogP contribution in [0.3, 0.4) is 0 Å². The van der Waals surface area contributed by atoms with E-state index in [-0.39, 0.29) is 22.0 Å². The monoisotopic (exact) mass is 467 g/mol. The molecular weight excluding hydrogens is 430 g/mol. The standard InChI is InChI=1S/C14H23NO3.C10H14O3S/c1-10(8-9-15(6)7)12(11(2)16)13(17)18-14(3,4)5;1-5-10(4)13-8(11)7(6(2)3)9(12)14-10/h8-9H,1-7H3;5H2,1-4H3/b9-8+,12-10+;. The first-order valence-corrected chi connectivity index (χ1v) is 11.2. The van der Waals surface area contributed by atoms with Gasteiger partial charge in [0.1, 0.15) is 16.7 Å². The maximum Gasteiger partial charge on any atom is 0.344 e. The van der Waals surface area contributed by atoms with E-state index < -0.39 is 22.5 Å². The zero-order valence-corrected chi connectivity index (χ0v) is 22.0. The number of carbonyl (C=O) groups is 4. The highest BCUT2D eigenvalue weighted by molar-refractivity contribution is 8.15. The number of ether oxygens (including phenoxy) is 2. The molecule has 0 aliphatic carbocycles. The molecule has 0 spiro atoms. The minimum absolute atomic E-state index is 0.100. The van der Waals surface area contributed by atoms with Gasteiger partial charge in [0.15, 0.2) is 10.7 Å². The third-order valence-electron chi connectivity index (χ3n) is 4.14. The summed E-state index contributed by atoms with van der Waals surface area (Å²) in [6, 6.07) is 0. The van der Waals surface area contributed by atoms with E-state index in [1.165, 1.54) is 6.92 Å². The molecule has 32 heavy (non-hydrogen) atoms. The molecule has 0 saturated carbocycles. The Balaban J connectivity index is 0.000000618. The molecule has 0 N–H and O–H groups in total. The maximum atomic E-state index is 11.9. The van der Waals surface area contributed by atoms with Crippen LogP contribution in [0.2, 0.25) is 0 Å². The predicted molar refractivity (Wildman–Crippen MR) is 128 cm³/mol. The first-order chi connectivity index (χ1) is 14.4. The first kappa shape index (κ1) is 29.7. The third-order valence-corrected chi connectivity index (χ3v) is 5.33. The van der Waals surface area contributed by atoms with Crippen LogP contribution in [-0.2, 0) is 28.7 Å². The lowest BCUT2D eigenvalue weighted by molar-refractivity contribution is -0.151. The summed E-state index contributed by atoms with van der Waals surface area (Å²) in [4.78, 5) is 47.8. The van der Waals surface area contributed by atoms with Crippen LogP contribution in [0.4, 0.5) is 0 Å². The minimum atomic E-state index is -0.687. The number of thioether (sulfide) groups is 1. The number of esters is 2. The first-order valence-electron chi connectivity index (χ1n) is 10.4. The molecule has 0 aromatic heterocycles. The number of rotatable bonds is 5. The number of carbonyl (C=O) groups excluding carboxylic acids is 4. The fourth-order valence-electron chi connectivity index (χ4n) is 2.41. The van der Waals surface area contributed by atoms with Crippen molar-refractivity contribution >= 4 is 34.6 Å². The molecule has 0 aromatic carbocycles. The Morgan fingerprint density at radius 3 is 2.00 bits per heavy atom. The van der Waals surface area contributed by atoms with Gasteiger partial charge in [0.2, 0.25) is 5.12 Å². The summed E-state index contributed by atoms with van der Waals surface area (Å²) in [7, 11) is 3.73. The van der Waals surface area contributed by atoms with Crippen molar-refractivity contribution in [2.75, 3.05) is 14.1 Å². The topological polar surface area (TPSA) is 90.0 Å². The Bertz CT molecular complexity index is 819. The van der Waals surface area contributed by atoms with Gasteiger partial charge in [-0.1, -0.05) is 12.5 Å². The molecule has 7 nitrogen and oxygen atoms in total. The van der Waals surface area contributed by atoms with Gasteiger partial charge in [-0.3, -0.25) is 9.59 Å². The van der Waals surface area contributed by atoms with E-state index in [1.54, 1.807) is 60.7 Å². The molecular formula is C24H37NO6S. The molecule has 180 valence electrons. The van der Waals surface area contributed by atoms with Gasteiger partial charge in [-0.25, -0.2) is 9.59 Å². The Morgan fingerprint density at radius 2 is 1.66 bits per heavy atom. The number of hydrogen-bond donors (Lipinski definition) is 0. The van der Waals surface area contributed by atoms with Gasteiger partial charge < -0.3 is 14.4 Å². The minimum Gasteiger partial charge on any atom is -0.456 e. The van der Waals surface area contributed by atoms with Crippen LogP contribution in [0.5, 0.6) is 0 Å². The molecule has 0 aromatic rings. The second-order valence-corrected chi connectivity index (χ2v) is 10.5. The quantitative estimate of drug-likeness (QED) is 0.191. The highest BCUT2D eigenvalue weighted by Crippen LogP contribution is 2.38. The number of nitrogens with zero attached hydrogens (tertiary/aromatic N) is 1. The van der Waals surface area contributed by atoms with Gasteiger partial charge in [-0.15, -0.1) is 0 Å². The van der Waals surface area contributed by atoms with E-state index in [1.807, 2.05) is 25.9 Å². The Kier molecular flexibility index (Phi) is 11.2. The molecule has 0 radical (unpaired) electrons. The molecule has 8 heteroatoms. The van der Waals surface area contributed by atoms with Crippen molar-refractivity contribution < 1.29 is 28.7 Å². The molecule has 1 saturated heterocycles. The number of allylic oxidation sites excluding steroid dienone is 3. The zero-order chi connectivity index (χ0) is 25.4. The van der Waals surface area contributed by atoms with Gasteiger partial charge >= 0.3 is 11.9 Å². The van der Waals surface area contributed by atoms with Gasteiger partial charge in [-0.05, 0) is 91.4 Å². The lowest BCUT2D eigenvalue weighted by Crippen LogP contribution is -2.36. The average Bonchev–Trinajstić information content (AvgIpc) is 2.57. The van der Waals surface area contributed by atoms with E-state index in [0.29, 0.717) is 17.6 Å². The van der Waals surface area contributed by atoms with E-state index in [9.17, 15) is 19.2 Å². The molecule has 1 aliphatic heterocycles. The van der Waals surface area contributed by atoms with Crippen molar-refractivity contribution in [2.24, 2.45) is 0 Å². The van der Waals surface area contributed by atoms with Crippen LogP contribution in [0.25, 0.3) is 0 Å². The smallest absolute Gasteiger partial charge is 0.344 e. The maximum absolute atomic E-state index is 11.9. The summed E-state index contributed by atoms with van der Waals surface area (Å²) in [5.41, 5.74) is 1.00. The molecule has 0 bridgehead atoms. The zero-order valence-electron chi connectivity index (χ0n) is 21.2. The van der Waals surface area contributed by atoms with Crippen molar-refractivity contribution in [1.29, 1.82) is 0 Å². The molecule has 1 heterocycles. The van der Waals surface area contributed by atoms with Gasteiger partial charge in [0, 0.05) is 14.1 Å². The van der Waals surface area contributed by atoms with Crippen molar-refractivity contribution in [3.05, 3.63) is 34.6 Å². The van der Waals surface area contributed by atoms with E-state index in [0.717, 1.165) is 11.8 Å². The van der Waals surface area contributed by atoms with Crippen molar-refractivity contribution in [3.8, 4) is 0 Å². The fourth-order valence-corrected chi connectivity index (χ4v) is 3.45. The lowest BCUT2D eigenvalue weighted by atomic mass is 10.1. The third kappa shape index (κ3) is 9.85. The summed E-state index contributed by atoms with van der Waals surface area (Å²) in [6.45, 7) is 15.5. The van der Waals surface area contributed by atoms with Crippen LogP contribution in [0, 0.1) is 0 Å².